The molecule has 15 heavy (non-hydrogen) atoms. The number of nitrogens with two attached hydrogens (primary N) is 1. The van der Waals surface area contributed by atoms with Gasteiger partial charge in [-0.15, -0.1) is 0 Å². The van der Waals surface area contributed by atoms with Crippen molar-refractivity contribution in [3.63, 3.8) is 0 Å². The number of alkyl halides is 3. The highest BCUT2D eigenvalue weighted by atomic mass is 19.4. The van der Waals surface area contributed by atoms with Crippen molar-refractivity contribution in [3.05, 3.63) is 35.9 Å². The number of benzene rings is 1. The van der Waals surface area contributed by atoms with Crippen molar-refractivity contribution in [1.82, 2.24) is 0 Å². The smallest absolute Gasteiger partial charge is 0.321 e. The second-order valence-corrected chi connectivity index (χ2v) is 3.16. The molecule has 1 rings (SSSR count). The van der Waals surface area contributed by atoms with Crippen LogP contribution in [-0.2, 0) is 11.2 Å². The predicted octanol–water partition coefficient (Wildman–Crippen LogP) is 1.69. The van der Waals surface area contributed by atoms with Crippen LogP contribution in [0, 0.1) is 0 Å². The molecule has 1 aromatic carbocycles. The summed E-state index contributed by atoms with van der Waals surface area (Å²) in [6.45, 7) is 0. The normalized spacial score (nSPS) is 13.6. The number of hydrogen-bond acceptors (Lipinski definition) is 2. The van der Waals surface area contributed by atoms with Crippen LogP contribution in [-0.4, -0.2) is 18.0 Å². The first-order valence-electron chi connectivity index (χ1n) is 4.32. The van der Waals surface area contributed by atoms with E-state index < -0.39 is 18.0 Å². The molecule has 0 heterocycles. The van der Waals surface area contributed by atoms with Crippen molar-refractivity contribution in [2.75, 3.05) is 0 Å². The van der Waals surface area contributed by atoms with E-state index in [-0.39, 0.29) is 6.42 Å². The van der Waals surface area contributed by atoms with E-state index in [9.17, 15) is 18.0 Å². The zero-order valence-corrected chi connectivity index (χ0v) is 7.79. The van der Waals surface area contributed by atoms with Gasteiger partial charge in [-0.2, -0.15) is 13.2 Å². The molecule has 0 spiro atoms. The molecule has 82 valence electrons. The third-order valence-corrected chi connectivity index (χ3v) is 1.91. The summed E-state index contributed by atoms with van der Waals surface area (Å²) in [5.74, 6) is -1.88. The van der Waals surface area contributed by atoms with Crippen LogP contribution in [0.25, 0.3) is 0 Å². The van der Waals surface area contributed by atoms with Gasteiger partial charge in [0.1, 0.15) is 0 Å². The lowest BCUT2D eigenvalue weighted by atomic mass is 10.0. The summed E-state index contributed by atoms with van der Waals surface area (Å²) in [6, 6.07) is 6.83. The Morgan fingerprint density at radius 2 is 1.80 bits per heavy atom. The van der Waals surface area contributed by atoms with Crippen LogP contribution in [0.3, 0.4) is 0 Å². The average molecular weight is 217 g/mol. The van der Waals surface area contributed by atoms with Gasteiger partial charge < -0.3 is 5.73 Å². The van der Waals surface area contributed by atoms with E-state index in [0.717, 1.165) is 0 Å². The van der Waals surface area contributed by atoms with Crippen LogP contribution in [0.1, 0.15) is 5.56 Å². The van der Waals surface area contributed by atoms with Crippen LogP contribution in [0.2, 0.25) is 0 Å². The number of carbonyl (C=O) groups excluding carboxylic acids is 1. The first-order valence-corrected chi connectivity index (χ1v) is 4.32. The fraction of sp³-hybridized carbons (Fsp3) is 0.300. The molecule has 0 aliphatic rings. The third-order valence-electron chi connectivity index (χ3n) is 1.91. The van der Waals surface area contributed by atoms with Gasteiger partial charge in [0, 0.05) is 0 Å². The topological polar surface area (TPSA) is 43.1 Å². The number of carbonyl (C=O) groups is 1. The molecule has 0 saturated carbocycles. The van der Waals surface area contributed by atoms with Crippen molar-refractivity contribution in [2.45, 2.75) is 18.6 Å². The molecule has 5 heteroatoms. The maximum atomic E-state index is 12.0. The highest BCUT2D eigenvalue weighted by Gasteiger charge is 2.41. The minimum atomic E-state index is -4.85. The summed E-state index contributed by atoms with van der Waals surface area (Å²) in [7, 11) is 0. The highest BCUT2D eigenvalue weighted by molar-refractivity contribution is 5.89. The largest absolute Gasteiger partial charge is 0.451 e. The molecule has 0 amide bonds. The van der Waals surface area contributed by atoms with Gasteiger partial charge >= 0.3 is 6.18 Å². The number of halogens is 3. The third kappa shape index (κ3) is 3.36. The number of ketones is 1. The maximum Gasteiger partial charge on any atom is 0.451 e. The van der Waals surface area contributed by atoms with Gasteiger partial charge in [-0.3, -0.25) is 4.79 Å². The quantitative estimate of drug-likeness (QED) is 0.837. The van der Waals surface area contributed by atoms with E-state index in [2.05, 4.69) is 0 Å². The Bertz CT molecular complexity index is 334. The lowest BCUT2D eigenvalue weighted by Crippen LogP contribution is -2.41. The van der Waals surface area contributed by atoms with Gasteiger partial charge in [0.05, 0.1) is 6.04 Å². The van der Waals surface area contributed by atoms with Crippen LogP contribution in [0.5, 0.6) is 0 Å². The lowest BCUT2D eigenvalue weighted by molar-refractivity contribution is -0.172. The second kappa shape index (κ2) is 4.44. The van der Waals surface area contributed by atoms with Gasteiger partial charge in [-0.25, -0.2) is 0 Å². The van der Waals surface area contributed by atoms with Crippen molar-refractivity contribution in [1.29, 1.82) is 0 Å². The van der Waals surface area contributed by atoms with E-state index in [1.165, 1.54) is 0 Å². The van der Waals surface area contributed by atoms with Gasteiger partial charge in [-0.1, -0.05) is 30.3 Å². The molecule has 0 aromatic heterocycles. The van der Waals surface area contributed by atoms with E-state index >= 15 is 0 Å². The van der Waals surface area contributed by atoms with Crippen molar-refractivity contribution >= 4 is 5.78 Å². The SMILES string of the molecule is N[C@H](Cc1ccccc1)C(=O)C(F)(F)F. The monoisotopic (exact) mass is 217 g/mol. The summed E-state index contributed by atoms with van der Waals surface area (Å²) in [4.78, 5) is 10.7. The standard InChI is InChI=1S/C10H10F3NO/c11-10(12,13)9(15)8(14)6-7-4-2-1-3-5-7/h1-5,8H,6,14H2/t8-/m1/s1. The molecule has 0 bridgehead atoms. The number of rotatable bonds is 3. The summed E-state index contributed by atoms with van der Waals surface area (Å²) in [5.41, 5.74) is 5.78. The Morgan fingerprint density at radius 1 is 1.27 bits per heavy atom. The van der Waals surface area contributed by atoms with Gasteiger partial charge in [0.2, 0.25) is 0 Å². The van der Waals surface area contributed by atoms with Gasteiger partial charge in [-0.05, 0) is 12.0 Å². The molecule has 1 aromatic rings. The minimum absolute atomic E-state index is 0.0980. The van der Waals surface area contributed by atoms with Crippen molar-refractivity contribution < 1.29 is 18.0 Å². The lowest BCUT2D eigenvalue weighted by Gasteiger charge is -2.12. The van der Waals surface area contributed by atoms with Gasteiger partial charge in [0.15, 0.2) is 0 Å². The second-order valence-electron chi connectivity index (χ2n) is 3.16. The molecular weight excluding hydrogens is 207 g/mol. The highest BCUT2D eigenvalue weighted by Crippen LogP contribution is 2.18. The summed E-state index contributed by atoms with van der Waals surface area (Å²) < 4.78 is 35.9. The Morgan fingerprint density at radius 3 is 2.27 bits per heavy atom. The molecular formula is C10H10F3NO. The molecule has 0 radical (unpaired) electrons. The Hall–Kier alpha value is -1.36. The molecule has 0 aliphatic heterocycles. The van der Waals surface area contributed by atoms with E-state index in [1.807, 2.05) is 0 Å². The van der Waals surface area contributed by atoms with E-state index in [1.54, 1.807) is 30.3 Å². The molecule has 0 aliphatic carbocycles. The summed E-state index contributed by atoms with van der Waals surface area (Å²) >= 11 is 0. The summed E-state index contributed by atoms with van der Waals surface area (Å²) in [5, 5.41) is 0. The molecule has 0 fully saturated rings. The maximum absolute atomic E-state index is 12.0. The zero-order chi connectivity index (χ0) is 11.5. The van der Waals surface area contributed by atoms with Crippen molar-refractivity contribution in [2.24, 2.45) is 5.73 Å². The Balaban J connectivity index is 2.65. The Kier molecular flexibility index (Phi) is 3.47. The zero-order valence-electron chi connectivity index (χ0n) is 7.79. The molecule has 2 N–H and O–H groups in total. The van der Waals surface area contributed by atoms with Crippen LogP contribution < -0.4 is 5.73 Å². The fourth-order valence-electron chi connectivity index (χ4n) is 1.17. The molecule has 1 atom stereocenters. The van der Waals surface area contributed by atoms with Crippen LogP contribution >= 0.6 is 0 Å². The van der Waals surface area contributed by atoms with Crippen molar-refractivity contribution in [3.8, 4) is 0 Å². The van der Waals surface area contributed by atoms with E-state index in [0.29, 0.717) is 5.56 Å². The predicted molar refractivity (Wildman–Crippen MR) is 49.2 cm³/mol. The molecule has 0 saturated heterocycles. The average Bonchev–Trinajstić information content (AvgIpc) is 2.16. The van der Waals surface area contributed by atoms with E-state index in [4.69, 9.17) is 5.73 Å². The first kappa shape index (κ1) is 11.7. The van der Waals surface area contributed by atoms with Gasteiger partial charge in [0.25, 0.3) is 5.78 Å². The Labute approximate surface area is 84.9 Å². The molecule has 2 nitrogen and oxygen atoms in total. The summed E-state index contributed by atoms with van der Waals surface area (Å²) in [6.07, 6.45) is -4.95. The van der Waals surface area contributed by atoms with Crippen LogP contribution in [0.4, 0.5) is 13.2 Å². The molecule has 0 unspecified atom stereocenters. The number of Topliss-reactive ketones (excluding diaryl/α,β-unsaturated/α-hetero) is 1. The van der Waals surface area contributed by atoms with Crippen LogP contribution in [0.15, 0.2) is 30.3 Å². The fourth-order valence-corrected chi connectivity index (χ4v) is 1.17. The number of hydrogen-bond donors (Lipinski definition) is 1. The first-order chi connectivity index (χ1) is 6.91. The minimum Gasteiger partial charge on any atom is -0.321 e.